The predicted molar refractivity (Wildman–Crippen MR) is 133 cm³/mol. The van der Waals surface area contributed by atoms with Crippen molar-refractivity contribution in [3.8, 4) is 0 Å². The van der Waals surface area contributed by atoms with E-state index in [-0.39, 0.29) is 22.8 Å². The molecule has 1 atom stereocenters. The molecular formula is C23H28Cl2FN3O4S. The SMILES string of the molecule is CCCCNC(=O)[C@H](C)N(Cc1ccccc1F)C(=O)CN(c1ccc(Cl)cc1Cl)S(C)(=O)=O. The number of sulfonamides is 1. The van der Waals surface area contributed by atoms with Crippen molar-refractivity contribution in [2.24, 2.45) is 0 Å². The number of benzene rings is 2. The highest BCUT2D eigenvalue weighted by Crippen LogP contribution is 2.30. The molecule has 2 rings (SSSR count). The van der Waals surface area contributed by atoms with E-state index >= 15 is 0 Å². The van der Waals surface area contributed by atoms with Gasteiger partial charge in [0.2, 0.25) is 21.8 Å². The molecule has 2 aromatic rings. The van der Waals surface area contributed by atoms with Crippen LogP contribution in [0.3, 0.4) is 0 Å². The van der Waals surface area contributed by atoms with Crippen LogP contribution in [0.1, 0.15) is 32.3 Å². The third-order valence-corrected chi connectivity index (χ3v) is 6.82. The first-order chi connectivity index (χ1) is 16.0. The quantitative estimate of drug-likeness (QED) is 0.439. The molecule has 0 fully saturated rings. The number of nitrogens with zero attached hydrogens (tertiary/aromatic N) is 2. The molecule has 7 nitrogen and oxygen atoms in total. The van der Waals surface area contributed by atoms with Crippen LogP contribution >= 0.6 is 23.2 Å². The van der Waals surface area contributed by atoms with E-state index < -0.39 is 40.2 Å². The molecule has 11 heteroatoms. The average Bonchev–Trinajstić information content (AvgIpc) is 2.76. The summed E-state index contributed by atoms with van der Waals surface area (Å²) in [5, 5.41) is 3.09. The van der Waals surface area contributed by atoms with Crippen molar-refractivity contribution in [1.82, 2.24) is 10.2 Å². The number of hydrogen-bond donors (Lipinski definition) is 1. The van der Waals surface area contributed by atoms with Crippen LogP contribution < -0.4 is 9.62 Å². The molecule has 0 aromatic heterocycles. The third kappa shape index (κ3) is 7.58. The van der Waals surface area contributed by atoms with Crippen LogP contribution in [0.4, 0.5) is 10.1 Å². The summed E-state index contributed by atoms with van der Waals surface area (Å²) < 4.78 is 40.3. The van der Waals surface area contributed by atoms with Gasteiger partial charge in [0.15, 0.2) is 0 Å². The van der Waals surface area contributed by atoms with Gasteiger partial charge in [-0.25, -0.2) is 12.8 Å². The molecule has 186 valence electrons. The summed E-state index contributed by atoms with van der Waals surface area (Å²) >= 11 is 12.1. The van der Waals surface area contributed by atoms with E-state index in [1.165, 1.54) is 43.3 Å². The topological polar surface area (TPSA) is 86.8 Å². The summed E-state index contributed by atoms with van der Waals surface area (Å²) in [6.45, 7) is 3.06. The molecular weight excluding hydrogens is 504 g/mol. The summed E-state index contributed by atoms with van der Waals surface area (Å²) in [7, 11) is -3.94. The van der Waals surface area contributed by atoms with Crippen molar-refractivity contribution in [2.75, 3.05) is 23.7 Å². The van der Waals surface area contributed by atoms with Crippen LogP contribution in [0.5, 0.6) is 0 Å². The second-order valence-corrected chi connectivity index (χ2v) is 10.5. The Balaban J connectivity index is 2.39. The number of carbonyl (C=O) groups excluding carboxylic acids is 2. The average molecular weight is 532 g/mol. The molecule has 0 bridgehead atoms. The number of rotatable bonds is 11. The van der Waals surface area contributed by atoms with Gasteiger partial charge in [-0.1, -0.05) is 54.7 Å². The van der Waals surface area contributed by atoms with Gasteiger partial charge in [-0.3, -0.25) is 13.9 Å². The van der Waals surface area contributed by atoms with E-state index in [1.54, 1.807) is 6.07 Å². The molecule has 0 saturated carbocycles. The molecule has 34 heavy (non-hydrogen) atoms. The lowest BCUT2D eigenvalue weighted by atomic mass is 10.1. The third-order valence-electron chi connectivity index (χ3n) is 5.15. The highest BCUT2D eigenvalue weighted by molar-refractivity contribution is 7.92. The maximum atomic E-state index is 14.4. The lowest BCUT2D eigenvalue weighted by Gasteiger charge is -2.31. The van der Waals surface area contributed by atoms with Gasteiger partial charge >= 0.3 is 0 Å². The molecule has 2 aromatic carbocycles. The van der Waals surface area contributed by atoms with Crippen molar-refractivity contribution < 1.29 is 22.4 Å². The zero-order valence-electron chi connectivity index (χ0n) is 19.2. The Morgan fingerprint density at radius 1 is 1.15 bits per heavy atom. The van der Waals surface area contributed by atoms with E-state index in [1.807, 2.05) is 6.92 Å². The Hall–Kier alpha value is -2.36. The van der Waals surface area contributed by atoms with Gasteiger partial charge in [0.05, 0.1) is 17.0 Å². The van der Waals surface area contributed by atoms with Gasteiger partial charge in [0, 0.05) is 23.7 Å². The minimum Gasteiger partial charge on any atom is -0.354 e. The number of hydrogen-bond acceptors (Lipinski definition) is 4. The summed E-state index contributed by atoms with van der Waals surface area (Å²) in [5.74, 6) is -1.66. The van der Waals surface area contributed by atoms with Crippen LogP contribution in [0.15, 0.2) is 42.5 Å². The second kappa shape index (κ2) is 12.4. The van der Waals surface area contributed by atoms with Gasteiger partial charge in [0.1, 0.15) is 18.4 Å². The zero-order valence-corrected chi connectivity index (χ0v) is 21.6. The van der Waals surface area contributed by atoms with Crippen molar-refractivity contribution in [3.05, 3.63) is 63.9 Å². The first-order valence-corrected chi connectivity index (χ1v) is 13.3. The van der Waals surface area contributed by atoms with Crippen LogP contribution in [0.2, 0.25) is 10.0 Å². The summed E-state index contributed by atoms with van der Waals surface area (Å²) in [6, 6.07) is 9.10. The lowest BCUT2D eigenvalue weighted by Crippen LogP contribution is -2.51. The van der Waals surface area contributed by atoms with Crippen molar-refractivity contribution >= 4 is 50.7 Å². The number of unbranched alkanes of at least 4 members (excludes halogenated alkanes) is 1. The number of anilines is 1. The fourth-order valence-corrected chi connectivity index (χ4v) is 4.63. The zero-order chi connectivity index (χ0) is 25.5. The minimum absolute atomic E-state index is 0.0386. The van der Waals surface area contributed by atoms with Crippen LogP contribution in [0.25, 0.3) is 0 Å². The molecule has 1 N–H and O–H groups in total. The Morgan fingerprint density at radius 3 is 2.41 bits per heavy atom. The van der Waals surface area contributed by atoms with Crippen molar-refractivity contribution in [2.45, 2.75) is 39.3 Å². The minimum atomic E-state index is -3.94. The molecule has 0 aliphatic heterocycles. The number of nitrogens with one attached hydrogen (secondary N) is 1. The molecule has 0 spiro atoms. The fraction of sp³-hybridized carbons (Fsp3) is 0.391. The molecule has 0 unspecified atom stereocenters. The van der Waals surface area contributed by atoms with Crippen molar-refractivity contribution in [1.29, 1.82) is 0 Å². The first-order valence-electron chi connectivity index (χ1n) is 10.7. The van der Waals surface area contributed by atoms with Gasteiger partial charge < -0.3 is 10.2 Å². The van der Waals surface area contributed by atoms with Gasteiger partial charge in [-0.05, 0) is 37.6 Å². The monoisotopic (exact) mass is 531 g/mol. The van der Waals surface area contributed by atoms with Gasteiger partial charge in [0.25, 0.3) is 0 Å². The largest absolute Gasteiger partial charge is 0.354 e. The molecule has 0 aliphatic carbocycles. The standard InChI is InChI=1S/C23H28Cl2FN3O4S/c1-4-5-12-27-23(31)16(2)28(14-17-8-6-7-9-20(17)26)22(30)15-29(34(3,32)33)21-11-10-18(24)13-19(21)25/h6-11,13,16H,4-5,12,14-15H2,1-3H3,(H,27,31)/t16-/m0/s1. The van der Waals surface area contributed by atoms with E-state index in [4.69, 9.17) is 23.2 Å². The van der Waals surface area contributed by atoms with Crippen LogP contribution in [-0.2, 0) is 26.2 Å². The van der Waals surface area contributed by atoms with Crippen molar-refractivity contribution in [3.63, 3.8) is 0 Å². The van der Waals surface area contributed by atoms with E-state index in [9.17, 15) is 22.4 Å². The van der Waals surface area contributed by atoms with Gasteiger partial charge in [-0.15, -0.1) is 0 Å². The number of carbonyl (C=O) groups is 2. The van der Waals surface area contributed by atoms with Crippen LogP contribution in [0, 0.1) is 5.82 Å². The Morgan fingerprint density at radius 2 is 1.82 bits per heavy atom. The number of amides is 2. The molecule has 0 heterocycles. The second-order valence-electron chi connectivity index (χ2n) is 7.80. The maximum absolute atomic E-state index is 14.4. The Bertz CT molecular complexity index is 1130. The smallest absolute Gasteiger partial charge is 0.244 e. The summed E-state index contributed by atoms with van der Waals surface area (Å²) in [4.78, 5) is 27.3. The summed E-state index contributed by atoms with van der Waals surface area (Å²) in [5.41, 5.74) is 0.257. The van der Waals surface area contributed by atoms with Crippen LogP contribution in [-0.4, -0.2) is 50.5 Å². The molecule has 0 aliphatic rings. The highest BCUT2D eigenvalue weighted by Gasteiger charge is 2.31. The van der Waals surface area contributed by atoms with Gasteiger partial charge in [-0.2, -0.15) is 0 Å². The number of halogens is 3. The molecule has 0 radical (unpaired) electrons. The normalized spacial score (nSPS) is 12.2. The Kier molecular flexibility index (Phi) is 10.1. The fourth-order valence-electron chi connectivity index (χ4n) is 3.21. The first kappa shape index (κ1) is 27.9. The maximum Gasteiger partial charge on any atom is 0.244 e. The molecule has 0 saturated heterocycles. The predicted octanol–water partition coefficient (Wildman–Crippen LogP) is 4.23. The Labute approximate surface area is 209 Å². The van der Waals surface area contributed by atoms with E-state index in [0.29, 0.717) is 11.6 Å². The van der Waals surface area contributed by atoms with E-state index in [2.05, 4.69) is 5.32 Å². The molecule has 2 amide bonds. The van der Waals surface area contributed by atoms with E-state index in [0.717, 1.165) is 28.3 Å². The lowest BCUT2D eigenvalue weighted by molar-refractivity contribution is -0.139. The highest BCUT2D eigenvalue weighted by atomic mass is 35.5. The summed E-state index contributed by atoms with van der Waals surface area (Å²) in [6.07, 6.45) is 2.57.